The number of nitrogens with zero attached hydrogens (tertiary/aromatic N) is 1. The van der Waals surface area contributed by atoms with Crippen LogP contribution in [0.15, 0.2) is 60.8 Å². The molecule has 2 aliphatic carbocycles. The van der Waals surface area contributed by atoms with E-state index in [9.17, 15) is 4.79 Å². The van der Waals surface area contributed by atoms with Crippen molar-refractivity contribution < 1.29 is 14.3 Å². The molecule has 0 radical (unpaired) electrons. The molecule has 2 aliphatic rings. The molecule has 1 heterocycles. The first-order valence-electron chi connectivity index (χ1n) is 12.2. The quantitative estimate of drug-likeness (QED) is 0.294. The van der Waals surface area contributed by atoms with Crippen molar-refractivity contribution in [2.45, 2.75) is 37.6 Å². The molecular formula is C29H29N3O3. The Balaban J connectivity index is 1.30. The summed E-state index contributed by atoms with van der Waals surface area (Å²) in [6.45, 7) is 0.467. The molecule has 4 aromatic rings. The normalized spacial score (nSPS) is 16.3. The first-order valence-corrected chi connectivity index (χ1v) is 12.2. The van der Waals surface area contributed by atoms with Crippen molar-refractivity contribution in [1.29, 1.82) is 0 Å². The van der Waals surface area contributed by atoms with Crippen molar-refractivity contribution in [1.82, 2.24) is 4.98 Å². The third kappa shape index (κ3) is 4.54. The zero-order chi connectivity index (χ0) is 24.0. The minimum absolute atomic E-state index is 0.213. The Morgan fingerprint density at radius 1 is 1.09 bits per heavy atom. The minimum atomic E-state index is -0.213. The lowest BCUT2D eigenvalue weighted by molar-refractivity contribution is 0.0977. The third-order valence-electron chi connectivity index (χ3n) is 7.07. The van der Waals surface area contributed by atoms with Crippen LogP contribution in [0.25, 0.3) is 21.7 Å². The second-order valence-electron chi connectivity index (χ2n) is 9.97. The van der Waals surface area contributed by atoms with Crippen LogP contribution in [-0.2, 0) is 0 Å². The Hall–Kier alpha value is -3.64. The molecule has 3 N–H and O–H groups in total. The van der Waals surface area contributed by atoms with Crippen molar-refractivity contribution in [3.63, 3.8) is 0 Å². The topological polar surface area (TPSA) is 86.5 Å². The summed E-state index contributed by atoms with van der Waals surface area (Å²) >= 11 is 0. The number of ketones is 1. The number of hydrogen-bond acceptors (Lipinski definition) is 6. The van der Waals surface area contributed by atoms with Gasteiger partial charge in [0, 0.05) is 41.0 Å². The summed E-state index contributed by atoms with van der Waals surface area (Å²) in [6, 6.07) is 17.9. The molecule has 1 aromatic heterocycles. The number of nitrogens with one attached hydrogen (secondary N) is 1. The first-order chi connectivity index (χ1) is 17.0. The fraction of sp³-hybridized carbons (Fsp3) is 0.310. The number of rotatable bonds is 9. The summed E-state index contributed by atoms with van der Waals surface area (Å²) in [5.41, 5.74) is 9.45. The number of benzene rings is 3. The number of pyridine rings is 1. The predicted octanol–water partition coefficient (Wildman–Crippen LogP) is 5.99. The highest BCUT2D eigenvalue weighted by atomic mass is 16.5. The van der Waals surface area contributed by atoms with Crippen LogP contribution in [0.3, 0.4) is 0 Å². The minimum Gasteiger partial charge on any atom is -0.493 e. The molecule has 6 rings (SSSR count). The molecule has 178 valence electrons. The maximum Gasteiger partial charge on any atom is 0.163 e. The fourth-order valence-corrected chi connectivity index (χ4v) is 4.52. The van der Waals surface area contributed by atoms with Crippen molar-refractivity contribution in [3.05, 3.63) is 66.4 Å². The van der Waals surface area contributed by atoms with Gasteiger partial charge in [0.25, 0.3) is 0 Å². The van der Waals surface area contributed by atoms with E-state index in [0.29, 0.717) is 30.4 Å². The number of hydrogen-bond donors (Lipinski definition) is 2. The van der Waals surface area contributed by atoms with Crippen LogP contribution < -0.4 is 20.5 Å². The molecule has 35 heavy (non-hydrogen) atoms. The summed E-state index contributed by atoms with van der Waals surface area (Å²) in [7, 11) is 1.64. The highest BCUT2D eigenvalue weighted by Gasteiger charge is 2.39. The van der Waals surface area contributed by atoms with Crippen LogP contribution in [0.1, 0.15) is 42.5 Å². The number of anilines is 2. The molecule has 6 nitrogen and oxygen atoms in total. The van der Waals surface area contributed by atoms with E-state index in [2.05, 4.69) is 22.4 Å². The summed E-state index contributed by atoms with van der Waals surface area (Å²) < 4.78 is 11.6. The van der Waals surface area contributed by atoms with Gasteiger partial charge >= 0.3 is 0 Å². The van der Waals surface area contributed by atoms with Gasteiger partial charge < -0.3 is 20.5 Å². The van der Waals surface area contributed by atoms with E-state index in [1.807, 2.05) is 42.5 Å². The molecule has 0 saturated heterocycles. The van der Waals surface area contributed by atoms with E-state index in [1.54, 1.807) is 13.3 Å². The van der Waals surface area contributed by atoms with Crippen LogP contribution in [0, 0.1) is 5.92 Å². The molecule has 0 bridgehead atoms. The number of ether oxygens (including phenoxy) is 2. The number of Topliss-reactive ketones (excluding diaryl/α,β-unsaturated/α-hetero) is 1. The summed E-state index contributed by atoms with van der Waals surface area (Å²) in [5, 5.41) is 6.50. The van der Waals surface area contributed by atoms with Gasteiger partial charge in [0.15, 0.2) is 17.3 Å². The lowest BCUT2D eigenvalue weighted by Gasteiger charge is -2.16. The fourth-order valence-electron chi connectivity index (χ4n) is 4.52. The van der Waals surface area contributed by atoms with Gasteiger partial charge in [-0.25, -0.2) is 0 Å². The number of methoxy groups -OCH3 is 1. The smallest absolute Gasteiger partial charge is 0.163 e. The van der Waals surface area contributed by atoms with Gasteiger partial charge in [0.1, 0.15) is 6.61 Å². The van der Waals surface area contributed by atoms with Gasteiger partial charge in [-0.2, -0.15) is 0 Å². The maximum atomic E-state index is 12.8. The standard InChI is InChI=1S/C29H29N3O3/c1-34-27-15-23-24(9-12-31-25(23)16-28(27)35-17-29(30)10-11-29)32-20-7-8-21-19(14-20)3-2-4-22(21)26(33)13-18-5-6-18/h2-4,7-9,12,14-16,18H,5-6,10-11,13,17,30H2,1H3,(H,31,32). The van der Waals surface area contributed by atoms with Gasteiger partial charge in [-0.1, -0.05) is 24.3 Å². The van der Waals surface area contributed by atoms with Gasteiger partial charge in [-0.15, -0.1) is 0 Å². The molecule has 3 aromatic carbocycles. The second kappa shape index (κ2) is 8.54. The third-order valence-corrected chi connectivity index (χ3v) is 7.07. The number of fused-ring (bicyclic) bond motifs is 2. The molecule has 0 spiro atoms. The van der Waals surface area contributed by atoms with E-state index in [4.69, 9.17) is 15.2 Å². The number of carbonyl (C=O) groups is 1. The highest BCUT2D eigenvalue weighted by Crippen LogP contribution is 2.39. The van der Waals surface area contributed by atoms with E-state index >= 15 is 0 Å². The molecule has 0 amide bonds. The molecule has 2 saturated carbocycles. The SMILES string of the molecule is COc1cc2c(Nc3ccc4c(C(=O)CC5CC5)cccc4c3)ccnc2cc1OCC1(N)CC1. The van der Waals surface area contributed by atoms with Crippen molar-refractivity contribution >= 4 is 38.8 Å². The van der Waals surface area contributed by atoms with E-state index in [-0.39, 0.29) is 11.3 Å². The zero-order valence-electron chi connectivity index (χ0n) is 19.8. The van der Waals surface area contributed by atoms with Crippen LogP contribution in [0.5, 0.6) is 11.5 Å². The first kappa shape index (κ1) is 21.9. The summed E-state index contributed by atoms with van der Waals surface area (Å²) in [4.78, 5) is 17.3. The molecule has 0 aliphatic heterocycles. The Morgan fingerprint density at radius 2 is 1.94 bits per heavy atom. The number of aromatic nitrogens is 1. The lowest BCUT2D eigenvalue weighted by atomic mass is 9.98. The maximum absolute atomic E-state index is 12.8. The molecule has 0 atom stereocenters. The van der Waals surface area contributed by atoms with Gasteiger partial charge in [-0.05, 0) is 66.6 Å². The van der Waals surface area contributed by atoms with Crippen molar-refractivity contribution in [2.24, 2.45) is 11.7 Å². The summed E-state index contributed by atoms with van der Waals surface area (Å²) in [5.74, 6) is 2.11. The molecule has 0 unspecified atom stereocenters. The average Bonchev–Trinajstić information content (AvgIpc) is 3.81. The Bertz CT molecular complexity index is 1440. The molecule has 6 heteroatoms. The van der Waals surface area contributed by atoms with Gasteiger partial charge in [0.05, 0.1) is 18.2 Å². The molecular weight excluding hydrogens is 438 g/mol. The van der Waals surface area contributed by atoms with Gasteiger partial charge in [0.2, 0.25) is 0 Å². The van der Waals surface area contributed by atoms with Crippen molar-refractivity contribution in [2.75, 3.05) is 19.0 Å². The lowest BCUT2D eigenvalue weighted by Crippen LogP contribution is -2.29. The van der Waals surface area contributed by atoms with E-state index < -0.39 is 0 Å². The highest BCUT2D eigenvalue weighted by molar-refractivity contribution is 6.09. The zero-order valence-corrected chi connectivity index (χ0v) is 19.8. The Kier molecular flexibility index (Phi) is 5.33. The molecule has 2 fully saturated rings. The monoisotopic (exact) mass is 467 g/mol. The predicted molar refractivity (Wildman–Crippen MR) is 139 cm³/mol. The second-order valence-corrected chi connectivity index (χ2v) is 9.97. The van der Waals surface area contributed by atoms with Gasteiger partial charge in [-0.3, -0.25) is 9.78 Å². The average molecular weight is 468 g/mol. The van der Waals surface area contributed by atoms with Crippen LogP contribution in [-0.4, -0.2) is 30.0 Å². The summed E-state index contributed by atoms with van der Waals surface area (Å²) in [6.07, 6.45) is 6.76. The largest absolute Gasteiger partial charge is 0.493 e. The Morgan fingerprint density at radius 3 is 2.71 bits per heavy atom. The van der Waals surface area contributed by atoms with Crippen molar-refractivity contribution in [3.8, 4) is 11.5 Å². The number of carbonyl (C=O) groups excluding carboxylic acids is 1. The van der Waals surface area contributed by atoms with Crippen LogP contribution in [0.4, 0.5) is 11.4 Å². The number of nitrogens with two attached hydrogens (primary N) is 1. The Labute approximate surface area is 204 Å². The van der Waals surface area contributed by atoms with E-state index in [1.165, 1.54) is 12.8 Å². The van der Waals surface area contributed by atoms with Crippen LogP contribution >= 0.6 is 0 Å². The van der Waals surface area contributed by atoms with E-state index in [0.717, 1.165) is 51.5 Å². The van der Waals surface area contributed by atoms with Crippen LogP contribution in [0.2, 0.25) is 0 Å².